The summed E-state index contributed by atoms with van der Waals surface area (Å²) in [6.45, 7) is 20.6. The van der Waals surface area contributed by atoms with Crippen LogP contribution in [0.15, 0.2) is 11.6 Å². The first-order valence-electron chi connectivity index (χ1n) is 19.0. The Balaban J connectivity index is 1.38. The van der Waals surface area contributed by atoms with Crippen molar-refractivity contribution in [2.24, 2.45) is 68.1 Å². The molecular weight excluding hydrogens is 590 g/mol. The maximum atomic E-state index is 13.3. The van der Waals surface area contributed by atoms with Crippen LogP contribution in [-0.4, -0.2) is 75.9 Å². The van der Waals surface area contributed by atoms with Crippen LogP contribution >= 0.6 is 0 Å². The summed E-state index contributed by atoms with van der Waals surface area (Å²) in [7, 11) is 1.85. The fraction of sp³-hybridized carbons (Fsp3) is 0.923. The Labute approximate surface area is 285 Å². The second-order valence-electron chi connectivity index (χ2n) is 17.9. The van der Waals surface area contributed by atoms with E-state index < -0.39 is 5.97 Å². The van der Waals surface area contributed by atoms with Crippen molar-refractivity contribution in [3.05, 3.63) is 11.6 Å². The number of nitrogens with one attached hydrogen (secondary N) is 1. The molecule has 0 aromatic heterocycles. The summed E-state index contributed by atoms with van der Waals surface area (Å²) in [4.78, 5) is 13.3. The van der Waals surface area contributed by atoms with Gasteiger partial charge in [0.05, 0.1) is 37.9 Å². The molecule has 1 aliphatic heterocycles. The van der Waals surface area contributed by atoms with Crippen molar-refractivity contribution in [3.8, 4) is 0 Å². The van der Waals surface area contributed by atoms with E-state index in [2.05, 4.69) is 59.9 Å². The van der Waals surface area contributed by atoms with E-state index in [4.69, 9.17) is 25.7 Å². The molecule has 8 heteroatoms. The molecular formula is C39H69N3O5. The zero-order chi connectivity index (χ0) is 34.4. The highest BCUT2D eigenvalue weighted by Crippen LogP contribution is 2.75. The molecule has 0 spiro atoms. The van der Waals surface area contributed by atoms with Crippen molar-refractivity contribution in [1.82, 2.24) is 5.32 Å². The van der Waals surface area contributed by atoms with Gasteiger partial charge in [0.25, 0.3) is 0 Å². The van der Waals surface area contributed by atoms with E-state index in [1.807, 2.05) is 7.11 Å². The number of hydrogen-bond donors (Lipinski definition) is 4. The highest BCUT2D eigenvalue weighted by Gasteiger charge is 2.71. The first-order chi connectivity index (χ1) is 22.2. The maximum absolute atomic E-state index is 13.3. The maximum Gasteiger partial charge on any atom is 0.307 e. The molecule has 6 N–H and O–H groups in total. The lowest BCUT2D eigenvalue weighted by Gasteiger charge is -2.71. The van der Waals surface area contributed by atoms with E-state index in [0.717, 1.165) is 84.0 Å². The summed E-state index contributed by atoms with van der Waals surface area (Å²) in [6, 6.07) is 0.137. The van der Waals surface area contributed by atoms with E-state index in [1.54, 1.807) is 5.57 Å². The minimum atomic E-state index is -0.606. The zero-order valence-corrected chi connectivity index (χ0v) is 31.0. The van der Waals surface area contributed by atoms with Crippen LogP contribution in [0.5, 0.6) is 0 Å². The van der Waals surface area contributed by atoms with Gasteiger partial charge in [0, 0.05) is 37.1 Å². The third-order valence-corrected chi connectivity index (χ3v) is 15.4. The fourth-order valence-corrected chi connectivity index (χ4v) is 12.3. The Hall–Kier alpha value is -1.03. The summed E-state index contributed by atoms with van der Waals surface area (Å²) >= 11 is 0. The van der Waals surface area contributed by atoms with Crippen LogP contribution in [0.2, 0.25) is 0 Å². The minimum absolute atomic E-state index is 0.0206. The van der Waals surface area contributed by atoms with Gasteiger partial charge in [-0.25, -0.2) is 0 Å². The summed E-state index contributed by atoms with van der Waals surface area (Å²) < 4.78 is 19.7. The number of ether oxygens (including phenoxy) is 3. The monoisotopic (exact) mass is 660 g/mol. The van der Waals surface area contributed by atoms with Crippen LogP contribution in [0, 0.1) is 56.7 Å². The zero-order valence-electron chi connectivity index (χ0n) is 31.0. The number of aliphatic carboxylic acids is 1. The van der Waals surface area contributed by atoms with Crippen LogP contribution in [0.3, 0.4) is 0 Å². The van der Waals surface area contributed by atoms with E-state index >= 15 is 0 Å². The number of methoxy groups -OCH3 is 1. The number of fused-ring (bicyclic) bond motifs is 3. The number of carbonyl (C=O) groups is 1. The van der Waals surface area contributed by atoms with Crippen molar-refractivity contribution in [1.29, 1.82) is 0 Å². The largest absolute Gasteiger partial charge is 0.481 e. The fourth-order valence-electron chi connectivity index (χ4n) is 12.3. The standard InChI is InChI=1S/C39H69N3O5/c1-25(2)26(3)35(4)16-17-37(6)28-12-13-31-36(5)23-46-24-39(31,29(28)14-15-38(37,7)32(35)34(43)44)21-30(45-8)33(36)47-20-19-42-22-27(41)11-9-10-18-40/h14,25-28,30-33,42H,9-13,15-24,40-41H2,1-8H3,(H,43,44)/t26-,27+,28+,30-,31?,32-,33+,35-,36+,37-,38+,39+/m1/s1. The third-order valence-electron chi connectivity index (χ3n) is 15.4. The van der Waals surface area contributed by atoms with Crippen molar-refractivity contribution >= 4 is 5.97 Å². The van der Waals surface area contributed by atoms with Gasteiger partial charge < -0.3 is 36.1 Å². The van der Waals surface area contributed by atoms with Gasteiger partial charge in [-0.3, -0.25) is 4.79 Å². The van der Waals surface area contributed by atoms with Crippen LogP contribution in [0.1, 0.15) is 106 Å². The molecule has 1 heterocycles. The summed E-state index contributed by atoms with van der Waals surface area (Å²) in [5, 5.41) is 14.5. The Morgan fingerprint density at radius 3 is 2.51 bits per heavy atom. The highest BCUT2D eigenvalue weighted by atomic mass is 16.5. The van der Waals surface area contributed by atoms with Gasteiger partial charge in [-0.1, -0.05) is 66.5 Å². The average Bonchev–Trinajstić information content (AvgIpc) is 3.01. The first kappa shape index (κ1) is 37.2. The Kier molecular flexibility index (Phi) is 11.0. The highest BCUT2D eigenvalue weighted by molar-refractivity contribution is 5.73. The summed E-state index contributed by atoms with van der Waals surface area (Å²) in [5.41, 5.74) is 12.6. The van der Waals surface area contributed by atoms with E-state index in [-0.39, 0.29) is 51.2 Å². The average molecular weight is 660 g/mol. The Morgan fingerprint density at radius 1 is 1.11 bits per heavy atom. The summed E-state index contributed by atoms with van der Waals surface area (Å²) in [6.07, 6.45) is 11.5. The van der Waals surface area contributed by atoms with E-state index in [0.29, 0.717) is 36.9 Å². The van der Waals surface area contributed by atoms with Crippen LogP contribution in [0.4, 0.5) is 0 Å². The normalized spacial score (nSPS) is 44.1. The Morgan fingerprint density at radius 2 is 1.85 bits per heavy atom. The molecule has 4 aliphatic carbocycles. The number of carboxylic acids is 1. The molecule has 0 aromatic carbocycles. The number of nitrogens with two attached hydrogens (primary N) is 2. The number of allylic oxidation sites excluding steroid dienone is 1. The predicted molar refractivity (Wildman–Crippen MR) is 188 cm³/mol. The topological polar surface area (TPSA) is 129 Å². The SMILES string of the molecule is CO[C@@H]1C[C@@]23COC[C@@](C)(C2CC[C@H]2C3=CC[C@@]3(C)[C@H](C(=O)O)[C@@](C)([C@H](C)C(C)C)CC[C@]23C)[C@H]1OCCNC[C@@H](N)CCCCN. The molecule has 270 valence electrons. The van der Waals surface area contributed by atoms with Crippen molar-refractivity contribution in [2.75, 3.05) is 46.6 Å². The molecule has 4 fully saturated rings. The third kappa shape index (κ3) is 5.97. The Bertz CT molecular complexity index is 1150. The van der Waals surface area contributed by atoms with Gasteiger partial charge in [-0.05, 0) is 97.8 Å². The quantitative estimate of drug-likeness (QED) is 0.132. The second-order valence-corrected chi connectivity index (χ2v) is 17.9. The number of carboxylic acid groups (broad SMARTS) is 1. The summed E-state index contributed by atoms with van der Waals surface area (Å²) in [5.74, 6) is 0.604. The molecule has 3 saturated carbocycles. The molecule has 0 radical (unpaired) electrons. The van der Waals surface area contributed by atoms with Gasteiger partial charge in [0.15, 0.2) is 0 Å². The first-order valence-corrected chi connectivity index (χ1v) is 19.0. The minimum Gasteiger partial charge on any atom is -0.481 e. The molecule has 1 saturated heterocycles. The molecule has 8 nitrogen and oxygen atoms in total. The van der Waals surface area contributed by atoms with Crippen LogP contribution in [0.25, 0.3) is 0 Å². The van der Waals surface area contributed by atoms with Crippen molar-refractivity contribution in [3.63, 3.8) is 0 Å². The molecule has 0 aromatic rings. The van der Waals surface area contributed by atoms with Crippen molar-refractivity contribution in [2.45, 2.75) is 125 Å². The molecule has 5 aliphatic rings. The molecule has 2 bridgehead atoms. The van der Waals surface area contributed by atoms with Gasteiger partial charge in [0.1, 0.15) is 0 Å². The number of unbranched alkanes of at least 4 members (excludes halogenated alkanes) is 1. The molecule has 1 unspecified atom stereocenters. The van der Waals surface area contributed by atoms with Crippen molar-refractivity contribution < 1.29 is 24.1 Å². The van der Waals surface area contributed by atoms with E-state index in [9.17, 15) is 9.90 Å². The lowest BCUT2D eigenvalue weighted by molar-refractivity contribution is -0.266. The lowest BCUT2D eigenvalue weighted by Crippen LogP contribution is -2.70. The predicted octanol–water partition coefficient (Wildman–Crippen LogP) is 6.02. The van der Waals surface area contributed by atoms with E-state index in [1.165, 1.54) is 0 Å². The molecule has 5 rings (SSSR count). The van der Waals surface area contributed by atoms with Gasteiger partial charge in [-0.2, -0.15) is 0 Å². The molecule has 47 heavy (non-hydrogen) atoms. The second kappa shape index (κ2) is 13.9. The molecule has 0 amide bonds. The van der Waals surface area contributed by atoms with Gasteiger partial charge >= 0.3 is 5.97 Å². The van der Waals surface area contributed by atoms with Gasteiger partial charge in [0.2, 0.25) is 0 Å². The number of rotatable bonds is 14. The smallest absolute Gasteiger partial charge is 0.307 e. The number of hydrogen-bond acceptors (Lipinski definition) is 7. The van der Waals surface area contributed by atoms with Crippen LogP contribution < -0.4 is 16.8 Å². The molecule has 12 atom stereocenters. The lowest BCUT2D eigenvalue weighted by atomic mass is 9.34. The van der Waals surface area contributed by atoms with Crippen LogP contribution in [-0.2, 0) is 19.0 Å². The van der Waals surface area contributed by atoms with Gasteiger partial charge in [-0.15, -0.1) is 0 Å².